The number of hydrogen-bond donors (Lipinski definition) is 2. The van der Waals surface area contributed by atoms with E-state index in [1.165, 1.54) is 24.8 Å². The molecule has 1 aromatic rings. The van der Waals surface area contributed by atoms with Gasteiger partial charge in [-0.2, -0.15) is 0 Å². The average molecular weight is 406 g/mol. The molecule has 3 unspecified atom stereocenters. The van der Waals surface area contributed by atoms with Gasteiger partial charge >= 0.3 is 0 Å². The van der Waals surface area contributed by atoms with Crippen molar-refractivity contribution in [3.63, 3.8) is 0 Å². The van der Waals surface area contributed by atoms with Gasteiger partial charge in [0.15, 0.2) is 0 Å². The van der Waals surface area contributed by atoms with Crippen LogP contribution in [0.25, 0.3) is 0 Å². The maximum Gasteiger partial charge on any atom is 0.224 e. The van der Waals surface area contributed by atoms with Crippen LogP contribution < -0.4 is 15.8 Å². The molecule has 150 valence electrons. The summed E-state index contributed by atoms with van der Waals surface area (Å²) in [5.74, 6) is 0.703. The molecular weight excluding hydrogens is 373 g/mol. The normalized spacial score (nSPS) is 17.8. The zero-order valence-electron chi connectivity index (χ0n) is 15.9. The Kier molecular flexibility index (Phi) is 11.9. The predicted octanol–water partition coefficient (Wildman–Crippen LogP) is 3.17. The maximum atomic E-state index is 12.3. The molecule has 2 rings (SSSR count). The SMILES string of the molecule is COc1ccc(C(CNC(=O)C(C)C(C)N)N2CCCCC2)cc1.Cl.Cl. The van der Waals surface area contributed by atoms with Crippen molar-refractivity contribution in [2.75, 3.05) is 26.7 Å². The van der Waals surface area contributed by atoms with E-state index in [1.807, 2.05) is 26.0 Å². The van der Waals surface area contributed by atoms with Crippen molar-refractivity contribution in [2.45, 2.75) is 45.2 Å². The van der Waals surface area contributed by atoms with Crippen LogP contribution in [0.15, 0.2) is 24.3 Å². The predicted molar refractivity (Wildman–Crippen MR) is 111 cm³/mol. The number of halogens is 2. The molecule has 0 bridgehead atoms. The Labute approximate surface area is 169 Å². The summed E-state index contributed by atoms with van der Waals surface area (Å²) in [6, 6.07) is 8.22. The fourth-order valence-corrected chi connectivity index (χ4v) is 3.11. The zero-order chi connectivity index (χ0) is 17.5. The molecule has 1 aliphatic rings. The van der Waals surface area contributed by atoms with Gasteiger partial charge in [0.1, 0.15) is 5.75 Å². The molecule has 26 heavy (non-hydrogen) atoms. The number of rotatable bonds is 7. The minimum Gasteiger partial charge on any atom is -0.497 e. The fourth-order valence-electron chi connectivity index (χ4n) is 3.11. The number of carbonyl (C=O) groups is 1. The highest BCUT2D eigenvalue weighted by Crippen LogP contribution is 2.26. The Morgan fingerprint density at radius 3 is 2.23 bits per heavy atom. The van der Waals surface area contributed by atoms with Gasteiger partial charge in [0.25, 0.3) is 0 Å². The van der Waals surface area contributed by atoms with E-state index in [-0.39, 0.29) is 48.7 Å². The number of amides is 1. The van der Waals surface area contributed by atoms with E-state index < -0.39 is 0 Å². The molecule has 1 aliphatic heterocycles. The first kappa shape index (κ1) is 25.0. The number of hydrogen-bond acceptors (Lipinski definition) is 4. The molecule has 0 radical (unpaired) electrons. The van der Waals surface area contributed by atoms with Crippen molar-refractivity contribution in [1.82, 2.24) is 10.2 Å². The van der Waals surface area contributed by atoms with E-state index in [4.69, 9.17) is 10.5 Å². The van der Waals surface area contributed by atoms with Crippen molar-refractivity contribution >= 4 is 30.7 Å². The zero-order valence-corrected chi connectivity index (χ0v) is 17.6. The minimum absolute atomic E-state index is 0. The summed E-state index contributed by atoms with van der Waals surface area (Å²) in [6.45, 7) is 6.52. The number of nitrogens with two attached hydrogens (primary N) is 1. The van der Waals surface area contributed by atoms with Gasteiger partial charge in [0.2, 0.25) is 5.91 Å². The van der Waals surface area contributed by atoms with Crippen LogP contribution >= 0.6 is 24.8 Å². The van der Waals surface area contributed by atoms with E-state index in [1.54, 1.807) is 7.11 Å². The van der Waals surface area contributed by atoms with Crippen molar-refractivity contribution in [3.05, 3.63) is 29.8 Å². The highest BCUT2D eigenvalue weighted by molar-refractivity contribution is 5.85. The molecule has 0 aliphatic carbocycles. The van der Waals surface area contributed by atoms with Crippen LogP contribution in [-0.4, -0.2) is 43.6 Å². The summed E-state index contributed by atoms with van der Waals surface area (Å²) < 4.78 is 5.25. The molecule has 7 heteroatoms. The number of piperidine rings is 1. The molecule has 1 heterocycles. The van der Waals surface area contributed by atoms with Crippen LogP contribution in [0.3, 0.4) is 0 Å². The van der Waals surface area contributed by atoms with Gasteiger partial charge in [-0.15, -0.1) is 24.8 Å². The van der Waals surface area contributed by atoms with Gasteiger partial charge < -0.3 is 15.8 Å². The summed E-state index contributed by atoms with van der Waals surface area (Å²) in [5.41, 5.74) is 7.06. The number of nitrogens with one attached hydrogen (secondary N) is 1. The van der Waals surface area contributed by atoms with Gasteiger partial charge in [-0.05, 0) is 50.6 Å². The molecule has 3 atom stereocenters. The van der Waals surface area contributed by atoms with Crippen LogP contribution in [0.5, 0.6) is 5.75 Å². The summed E-state index contributed by atoms with van der Waals surface area (Å²) in [7, 11) is 1.67. The monoisotopic (exact) mass is 405 g/mol. The smallest absolute Gasteiger partial charge is 0.224 e. The van der Waals surface area contributed by atoms with Gasteiger partial charge in [-0.25, -0.2) is 0 Å². The number of likely N-dealkylation sites (tertiary alicyclic amines) is 1. The molecule has 0 spiro atoms. The van der Waals surface area contributed by atoms with Gasteiger partial charge in [0.05, 0.1) is 13.2 Å². The molecule has 5 nitrogen and oxygen atoms in total. The molecule has 0 saturated carbocycles. The Morgan fingerprint density at radius 2 is 1.73 bits per heavy atom. The lowest BCUT2D eigenvalue weighted by Gasteiger charge is -2.35. The van der Waals surface area contributed by atoms with Gasteiger partial charge in [-0.3, -0.25) is 9.69 Å². The van der Waals surface area contributed by atoms with E-state index >= 15 is 0 Å². The number of ether oxygens (including phenoxy) is 1. The van der Waals surface area contributed by atoms with E-state index in [2.05, 4.69) is 22.3 Å². The van der Waals surface area contributed by atoms with Crippen LogP contribution in [0.1, 0.15) is 44.7 Å². The third-order valence-corrected chi connectivity index (χ3v) is 5.00. The third kappa shape index (κ3) is 6.95. The Hall–Kier alpha value is -1.01. The average Bonchev–Trinajstić information content (AvgIpc) is 2.62. The van der Waals surface area contributed by atoms with Gasteiger partial charge in [0, 0.05) is 18.5 Å². The van der Waals surface area contributed by atoms with Crippen molar-refractivity contribution < 1.29 is 9.53 Å². The van der Waals surface area contributed by atoms with Crippen LogP contribution in [0.4, 0.5) is 0 Å². The molecular formula is C19H33Cl2N3O2. The van der Waals surface area contributed by atoms with Crippen molar-refractivity contribution in [3.8, 4) is 5.75 Å². The second-order valence-corrected chi connectivity index (χ2v) is 6.78. The largest absolute Gasteiger partial charge is 0.497 e. The Bertz CT molecular complexity index is 520. The summed E-state index contributed by atoms with van der Waals surface area (Å²) in [6.07, 6.45) is 3.73. The number of carbonyl (C=O) groups excluding carboxylic acids is 1. The van der Waals surface area contributed by atoms with E-state index in [0.717, 1.165) is 18.8 Å². The van der Waals surface area contributed by atoms with Crippen molar-refractivity contribution in [2.24, 2.45) is 11.7 Å². The first-order valence-corrected chi connectivity index (χ1v) is 8.94. The fraction of sp³-hybridized carbons (Fsp3) is 0.632. The molecule has 0 aromatic heterocycles. The molecule has 1 fully saturated rings. The lowest BCUT2D eigenvalue weighted by Crippen LogP contribution is -2.44. The van der Waals surface area contributed by atoms with Crippen LogP contribution in [-0.2, 0) is 4.79 Å². The molecule has 3 N–H and O–H groups in total. The summed E-state index contributed by atoms with van der Waals surface area (Å²) in [5, 5.41) is 3.10. The highest BCUT2D eigenvalue weighted by Gasteiger charge is 2.24. The second kappa shape index (κ2) is 12.4. The first-order chi connectivity index (χ1) is 11.5. The molecule has 1 aromatic carbocycles. The minimum atomic E-state index is -0.178. The van der Waals surface area contributed by atoms with Crippen LogP contribution in [0.2, 0.25) is 0 Å². The quantitative estimate of drug-likeness (QED) is 0.730. The highest BCUT2D eigenvalue weighted by atomic mass is 35.5. The molecule has 1 saturated heterocycles. The van der Waals surface area contributed by atoms with Gasteiger partial charge in [-0.1, -0.05) is 25.5 Å². The standard InChI is InChI=1S/C19H31N3O2.2ClH/c1-14(15(2)20)19(23)21-13-18(22-11-5-4-6-12-22)16-7-9-17(24-3)10-8-16;;/h7-10,14-15,18H,4-6,11-13,20H2,1-3H3,(H,21,23);2*1H. The number of nitrogens with zero attached hydrogens (tertiary/aromatic N) is 1. The number of methoxy groups -OCH3 is 1. The topological polar surface area (TPSA) is 67.6 Å². The second-order valence-electron chi connectivity index (χ2n) is 6.78. The third-order valence-electron chi connectivity index (χ3n) is 5.00. The van der Waals surface area contributed by atoms with Crippen molar-refractivity contribution in [1.29, 1.82) is 0 Å². The lowest BCUT2D eigenvalue weighted by atomic mass is 10.00. The Balaban J connectivity index is 0.00000312. The summed E-state index contributed by atoms with van der Waals surface area (Å²) >= 11 is 0. The maximum absolute atomic E-state index is 12.3. The summed E-state index contributed by atoms with van der Waals surface area (Å²) in [4.78, 5) is 14.7. The van der Waals surface area contributed by atoms with E-state index in [9.17, 15) is 4.79 Å². The van der Waals surface area contributed by atoms with Crippen LogP contribution in [0, 0.1) is 5.92 Å². The molecule has 1 amide bonds. The van der Waals surface area contributed by atoms with E-state index in [0.29, 0.717) is 6.54 Å². The Morgan fingerprint density at radius 1 is 1.15 bits per heavy atom. The lowest BCUT2D eigenvalue weighted by molar-refractivity contribution is -0.125. The number of benzene rings is 1. The first-order valence-electron chi connectivity index (χ1n) is 8.94.